The SMILES string of the molecule is CN(CC(=O)N1N=C(c2cccs2)C[C@H]1c1ccc(F)cc1)C(=O)C1CCCC1. The first-order valence-electron chi connectivity index (χ1n) is 9.97. The van der Waals surface area contributed by atoms with E-state index in [0.29, 0.717) is 6.42 Å². The predicted molar refractivity (Wildman–Crippen MR) is 111 cm³/mol. The van der Waals surface area contributed by atoms with E-state index in [1.54, 1.807) is 30.5 Å². The quantitative estimate of drug-likeness (QED) is 0.737. The second-order valence-corrected chi connectivity index (χ2v) is 8.66. The number of carbonyl (C=O) groups is 2. The van der Waals surface area contributed by atoms with Gasteiger partial charge in [0, 0.05) is 19.4 Å². The molecule has 4 rings (SSSR count). The summed E-state index contributed by atoms with van der Waals surface area (Å²) in [5.41, 5.74) is 1.67. The van der Waals surface area contributed by atoms with Gasteiger partial charge in [-0.1, -0.05) is 31.0 Å². The summed E-state index contributed by atoms with van der Waals surface area (Å²) < 4.78 is 13.4. The lowest BCUT2D eigenvalue weighted by molar-refractivity contribution is -0.142. The fourth-order valence-corrected chi connectivity index (χ4v) is 4.84. The van der Waals surface area contributed by atoms with Crippen LogP contribution in [0.15, 0.2) is 46.9 Å². The molecule has 5 nitrogen and oxygen atoms in total. The number of rotatable bonds is 5. The van der Waals surface area contributed by atoms with Crippen LogP contribution >= 0.6 is 11.3 Å². The van der Waals surface area contributed by atoms with Crippen LogP contribution in [-0.2, 0) is 9.59 Å². The molecule has 0 N–H and O–H groups in total. The molecule has 2 heterocycles. The monoisotopic (exact) mass is 413 g/mol. The molecular weight excluding hydrogens is 389 g/mol. The molecule has 0 radical (unpaired) electrons. The summed E-state index contributed by atoms with van der Waals surface area (Å²) >= 11 is 1.58. The van der Waals surface area contributed by atoms with Crippen molar-refractivity contribution >= 4 is 28.9 Å². The van der Waals surface area contributed by atoms with Gasteiger partial charge in [-0.2, -0.15) is 5.10 Å². The van der Waals surface area contributed by atoms with E-state index >= 15 is 0 Å². The van der Waals surface area contributed by atoms with Crippen LogP contribution in [0.3, 0.4) is 0 Å². The molecular formula is C22H24FN3O2S. The zero-order valence-electron chi connectivity index (χ0n) is 16.4. The summed E-state index contributed by atoms with van der Waals surface area (Å²) in [5.74, 6) is -0.467. The van der Waals surface area contributed by atoms with Gasteiger partial charge in [0.05, 0.1) is 16.6 Å². The molecule has 0 saturated heterocycles. The highest BCUT2D eigenvalue weighted by molar-refractivity contribution is 7.12. The molecule has 1 aromatic carbocycles. The van der Waals surface area contributed by atoms with Gasteiger partial charge >= 0.3 is 0 Å². The van der Waals surface area contributed by atoms with Crippen molar-refractivity contribution in [3.8, 4) is 0 Å². The fraction of sp³-hybridized carbons (Fsp3) is 0.409. The minimum absolute atomic E-state index is 0.00571. The number of thiophene rings is 1. The van der Waals surface area contributed by atoms with Crippen molar-refractivity contribution in [2.75, 3.05) is 13.6 Å². The van der Waals surface area contributed by atoms with Crippen LogP contribution in [-0.4, -0.2) is 41.0 Å². The topological polar surface area (TPSA) is 53.0 Å². The highest BCUT2D eigenvalue weighted by Gasteiger charge is 2.35. The lowest BCUT2D eigenvalue weighted by Gasteiger charge is -2.26. The lowest BCUT2D eigenvalue weighted by Crippen LogP contribution is -2.41. The van der Waals surface area contributed by atoms with E-state index in [1.807, 2.05) is 17.5 Å². The Labute approximate surface area is 173 Å². The second-order valence-electron chi connectivity index (χ2n) is 7.71. The molecule has 1 aliphatic carbocycles. The van der Waals surface area contributed by atoms with E-state index in [4.69, 9.17) is 0 Å². The van der Waals surface area contributed by atoms with E-state index in [0.717, 1.165) is 41.8 Å². The van der Waals surface area contributed by atoms with Crippen LogP contribution in [0, 0.1) is 11.7 Å². The number of benzene rings is 1. The Kier molecular flexibility index (Phi) is 5.76. The highest BCUT2D eigenvalue weighted by Crippen LogP contribution is 2.34. The fourth-order valence-electron chi connectivity index (χ4n) is 4.11. The number of carbonyl (C=O) groups excluding carboxylic acids is 2. The Morgan fingerprint density at radius 2 is 1.93 bits per heavy atom. The average Bonchev–Trinajstić information content (AvgIpc) is 3.48. The van der Waals surface area contributed by atoms with Gasteiger partial charge in [0.25, 0.3) is 5.91 Å². The number of amides is 2. The molecule has 29 heavy (non-hydrogen) atoms. The van der Waals surface area contributed by atoms with Gasteiger partial charge in [0.1, 0.15) is 12.4 Å². The zero-order valence-corrected chi connectivity index (χ0v) is 17.2. The largest absolute Gasteiger partial charge is 0.336 e. The molecule has 2 aliphatic rings. The van der Waals surface area contributed by atoms with Gasteiger partial charge in [0.15, 0.2) is 0 Å². The number of nitrogens with zero attached hydrogens (tertiary/aromatic N) is 3. The van der Waals surface area contributed by atoms with Gasteiger partial charge in [-0.15, -0.1) is 11.3 Å². The third-order valence-electron chi connectivity index (χ3n) is 5.68. The van der Waals surface area contributed by atoms with Gasteiger partial charge < -0.3 is 4.90 Å². The number of halogens is 1. The number of hydrogen-bond donors (Lipinski definition) is 0. The van der Waals surface area contributed by atoms with E-state index in [9.17, 15) is 14.0 Å². The number of hydrogen-bond acceptors (Lipinski definition) is 4. The van der Waals surface area contributed by atoms with Crippen molar-refractivity contribution in [2.24, 2.45) is 11.0 Å². The standard InChI is InChI=1S/C22H24FN3O2S/c1-25(22(28)16-5-2-3-6-16)14-21(27)26-19(15-8-10-17(23)11-9-15)13-18(24-26)20-7-4-12-29-20/h4,7-12,16,19H,2-3,5-6,13-14H2,1H3/t19-/m0/s1. The molecule has 2 aromatic rings. The van der Waals surface area contributed by atoms with Crippen molar-refractivity contribution < 1.29 is 14.0 Å². The van der Waals surface area contributed by atoms with Gasteiger partial charge in [0.2, 0.25) is 5.91 Å². The maximum Gasteiger partial charge on any atom is 0.262 e. The third-order valence-corrected chi connectivity index (χ3v) is 6.60. The molecule has 0 spiro atoms. The Balaban J connectivity index is 1.54. The van der Waals surface area contributed by atoms with Gasteiger partial charge in [-0.3, -0.25) is 9.59 Å². The summed E-state index contributed by atoms with van der Waals surface area (Å²) in [5, 5.41) is 8.05. The summed E-state index contributed by atoms with van der Waals surface area (Å²) in [4.78, 5) is 28.3. The molecule has 0 unspecified atom stereocenters. The van der Waals surface area contributed by atoms with Crippen molar-refractivity contribution in [3.63, 3.8) is 0 Å². The Bertz CT molecular complexity index is 905. The molecule has 1 aromatic heterocycles. The van der Waals surface area contributed by atoms with Crippen molar-refractivity contribution in [1.29, 1.82) is 0 Å². The third kappa shape index (κ3) is 4.24. The lowest BCUT2D eigenvalue weighted by atomic mass is 10.0. The zero-order chi connectivity index (χ0) is 20.4. The van der Waals surface area contributed by atoms with Crippen molar-refractivity contribution in [1.82, 2.24) is 9.91 Å². The van der Waals surface area contributed by atoms with E-state index < -0.39 is 0 Å². The van der Waals surface area contributed by atoms with Crippen LogP contribution in [0.1, 0.15) is 48.6 Å². The minimum atomic E-state index is -0.314. The van der Waals surface area contributed by atoms with Crippen LogP contribution in [0.25, 0.3) is 0 Å². The molecule has 1 saturated carbocycles. The first kappa shape index (κ1) is 19.8. The summed E-state index contributed by atoms with van der Waals surface area (Å²) in [6, 6.07) is 9.83. The maximum atomic E-state index is 13.4. The smallest absolute Gasteiger partial charge is 0.262 e. The van der Waals surface area contributed by atoms with Gasteiger partial charge in [-0.25, -0.2) is 9.40 Å². The van der Waals surface area contributed by atoms with E-state index in [2.05, 4.69) is 5.10 Å². The first-order chi connectivity index (χ1) is 14.0. The Morgan fingerprint density at radius 3 is 2.59 bits per heavy atom. The van der Waals surface area contributed by atoms with E-state index in [-0.39, 0.29) is 36.1 Å². The predicted octanol–water partition coefficient (Wildman–Crippen LogP) is 4.21. The molecule has 0 bridgehead atoms. The summed E-state index contributed by atoms with van der Waals surface area (Å²) in [6.07, 6.45) is 4.52. The molecule has 1 aliphatic heterocycles. The average molecular weight is 414 g/mol. The maximum absolute atomic E-state index is 13.4. The summed E-state index contributed by atoms with van der Waals surface area (Å²) in [6.45, 7) is -0.00571. The van der Waals surface area contributed by atoms with Crippen LogP contribution < -0.4 is 0 Å². The Hall–Kier alpha value is -2.54. The Morgan fingerprint density at radius 1 is 1.21 bits per heavy atom. The van der Waals surface area contributed by atoms with Crippen LogP contribution in [0.2, 0.25) is 0 Å². The van der Waals surface area contributed by atoms with Gasteiger partial charge in [-0.05, 0) is 42.0 Å². The second kappa shape index (κ2) is 8.45. The first-order valence-corrected chi connectivity index (χ1v) is 10.8. The number of hydrazone groups is 1. The molecule has 152 valence electrons. The van der Waals surface area contributed by atoms with E-state index in [1.165, 1.54) is 22.0 Å². The number of likely N-dealkylation sites (N-methyl/N-ethyl adjacent to an activating group) is 1. The molecule has 7 heteroatoms. The van der Waals surface area contributed by atoms with Crippen molar-refractivity contribution in [2.45, 2.75) is 38.1 Å². The van der Waals surface area contributed by atoms with Crippen molar-refractivity contribution in [3.05, 3.63) is 58.0 Å². The van der Waals surface area contributed by atoms with Crippen LogP contribution in [0.5, 0.6) is 0 Å². The molecule has 2 amide bonds. The minimum Gasteiger partial charge on any atom is -0.336 e. The van der Waals surface area contributed by atoms with Crippen LogP contribution in [0.4, 0.5) is 4.39 Å². The summed E-state index contributed by atoms with van der Waals surface area (Å²) in [7, 11) is 1.69. The molecule has 1 atom stereocenters. The highest BCUT2D eigenvalue weighted by atomic mass is 32.1. The molecule has 1 fully saturated rings. The normalized spacial score (nSPS) is 19.4.